The Balaban J connectivity index is 1.64. The van der Waals surface area contributed by atoms with Crippen LogP contribution in [-0.2, 0) is 16.0 Å². The molecule has 5 heteroatoms. The summed E-state index contributed by atoms with van der Waals surface area (Å²) in [5, 5.41) is 6.75. The van der Waals surface area contributed by atoms with Gasteiger partial charge in [-0.3, -0.25) is 9.59 Å². The van der Waals surface area contributed by atoms with Gasteiger partial charge in [-0.2, -0.15) is 0 Å². The number of amides is 2. The highest BCUT2D eigenvalue weighted by atomic mass is 35.5. The van der Waals surface area contributed by atoms with Crippen molar-refractivity contribution in [3.05, 3.63) is 34.9 Å². The van der Waals surface area contributed by atoms with E-state index in [0.717, 1.165) is 23.4 Å². The van der Waals surface area contributed by atoms with Crippen LogP contribution in [-0.4, -0.2) is 23.9 Å². The maximum Gasteiger partial charge on any atom is 0.226 e. The summed E-state index contributed by atoms with van der Waals surface area (Å²) in [6.07, 6.45) is 3.68. The first-order valence-electron chi connectivity index (χ1n) is 7.84. The molecule has 1 aliphatic heterocycles. The molecule has 118 valence electrons. The number of hydrogen-bond acceptors (Lipinski definition) is 2. The van der Waals surface area contributed by atoms with Crippen molar-refractivity contribution < 1.29 is 9.59 Å². The number of nitrogens with one attached hydrogen (secondary N) is 2. The minimum atomic E-state index is -0.313. The summed E-state index contributed by atoms with van der Waals surface area (Å²) >= 11 is 6.21. The minimum Gasteiger partial charge on any atom is -0.352 e. The molecule has 2 amide bonds. The third kappa shape index (κ3) is 3.12. The molecule has 0 spiro atoms. The SMILES string of the molecule is CC1NC(=O)CCC1NC(=O)C1(Cc2ccccc2Cl)CC1. The Morgan fingerprint density at radius 1 is 1.41 bits per heavy atom. The third-order valence-electron chi connectivity index (χ3n) is 4.81. The fourth-order valence-electron chi connectivity index (χ4n) is 3.12. The molecule has 2 atom stereocenters. The second kappa shape index (κ2) is 5.92. The fraction of sp³-hybridized carbons (Fsp3) is 0.529. The summed E-state index contributed by atoms with van der Waals surface area (Å²) in [4.78, 5) is 24.0. The summed E-state index contributed by atoms with van der Waals surface area (Å²) < 4.78 is 0. The zero-order valence-corrected chi connectivity index (χ0v) is 13.5. The van der Waals surface area contributed by atoms with Crippen LogP contribution in [0.5, 0.6) is 0 Å². The summed E-state index contributed by atoms with van der Waals surface area (Å²) in [5.41, 5.74) is 0.716. The Morgan fingerprint density at radius 3 is 2.77 bits per heavy atom. The van der Waals surface area contributed by atoms with E-state index in [-0.39, 0.29) is 29.3 Å². The average Bonchev–Trinajstić information content (AvgIpc) is 3.25. The van der Waals surface area contributed by atoms with Gasteiger partial charge in [-0.1, -0.05) is 29.8 Å². The predicted molar refractivity (Wildman–Crippen MR) is 85.6 cm³/mol. The van der Waals surface area contributed by atoms with Gasteiger partial charge in [-0.25, -0.2) is 0 Å². The fourth-order valence-corrected chi connectivity index (χ4v) is 3.33. The van der Waals surface area contributed by atoms with Crippen molar-refractivity contribution in [3.8, 4) is 0 Å². The Morgan fingerprint density at radius 2 is 2.14 bits per heavy atom. The molecule has 2 N–H and O–H groups in total. The van der Waals surface area contributed by atoms with E-state index in [2.05, 4.69) is 10.6 Å². The maximum absolute atomic E-state index is 12.7. The van der Waals surface area contributed by atoms with E-state index in [0.29, 0.717) is 19.3 Å². The van der Waals surface area contributed by atoms with Crippen molar-refractivity contribution in [2.24, 2.45) is 5.41 Å². The van der Waals surface area contributed by atoms with Gasteiger partial charge in [-0.15, -0.1) is 0 Å². The summed E-state index contributed by atoms with van der Waals surface area (Å²) in [6.45, 7) is 1.94. The van der Waals surface area contributed by atoms with Crippen LogP contribution in [0.1, 0.15) is 38.2 Å². The van der Waals surface area contributed by atoms with E-state index in [4.69, 9.17) is 11.6 Å². The van der Waals surface area contributed by atoms with E-state index in [9.17, 15) is 9.59 Å². The molecule has 0 bridgehead atoms. The second-order valence-corrected chi connectivity index (χ2v) is 6.93. The molecule has 2 unspecified atom stereocenters. The van der Waals surface area contributed by atoms with Crippen molar-refractivity contribution in [2.45, 2.75) is 51.1 Å². The first kappa shape index (κ1) is 15.3. The largest absolute Gasteiger partial charge is 0.352 e. The summed E-state index contributed by atoms with van der Waals surface area (Å²) in [6, 6.07) is 7.71. The van der Waals surface area contributed by atoms with Gasteiger partial charge in [-0.05, 0) is 44.2 Å². The van der Waals surface area contributed by atoms with Crippen molar-refractivity contribution in [1.29, 1.82) is 0 Å². The van der Waals surface area contributed by atoms with Gasteiger partial charge in [0.15, 0.2) is 0 Å². The molecular weight excluding hydrogens is 300 g/mol. The second-order valence-electron chi connectivity index (χ2n) is 6.52. The molecule has 2 aliphatic rings. The highest BCUT2D eigenvalue weighted by Crippen LogP contribution is 2.49. The molecule has 22 heavy (non-hydrogen) atoms. The van der Waals surface area contributed by atoms with Crippen molar-refractivity contribution in [3.63, 3.8) is 0 Å². The predicted octanol–water partition coefficient (Wildman–Crippen LogP) is 2.45. The van der Waals surface area contributed by atoms with Gasteiger partial charge in [0.1, 0.15) is 0 Å². The molecule has 1 saturated carbocycles. The van der Waals surface area contributed by atoms with E-state index in [1.807, 2.05) is 31.2 Å². The van der Waals surface area contributed by atoms with Crippen LogP contribution in [0.15, 0.2) is 24.3 Å². The number of hydrogen-bond donors (Lipinski definition) is 2. The van der Waals surface area contributed by atoms with Crippen LogP contribution < -0.4 is 10.6 Å². The van der Waals surface area contributed by atoms with Crippen LogP contribution >= 0.6 is 11.6 Å². The number of benzene rings is 1. The molecular formula is C17H21ClN2O2. The molecule has 3 rings (SSSR count). The van der Waals surface area contributed by atoms with Crippen molar-refractivity contribution in [2.75, 3.05) is 0 Å². The monoisotopic (exact) mass is 320 g/mol. The van der Waals surface area contributed by atoms with Crippen LogP contribution in [0.4, 0.5) is 0 Å². The Kier molecular flexibility index (Phi) is 4.13. The molecule has 2 fully saturated rings. The molecule has 0 radical (unpaired) electrons. The van der Waals surface area contributed by atoms with E-state index < -0.39 is 0 Å². The Bertz CT molecular complexity index is 598. The minimum absolute atomic E-state index is 0.0127. The molecule has 4 nitrogen and oxygen atoms in total. The zero-order valence-electron chi connectivity index (χ0n) is 12.7. The maximum atomic E-state index is 12.7. The Labute approximate surface area is 135 Å². The van der Waals surface area contributed by atoms with Crippen molar-refractivity contribution in [1.82, 2.24) is 10.6 Å². The lowest BCUT2D eigenvalue weighted by Crippen LogP contribution is -2.55. The molecule has 1 aromatic rings. The molecule has 1 aromatic carbocycles. The molecule has 1 heterocycles. The number of halogens is 1. The van der Waals surface area contributed by atoms with Gasteiger partial charge in [0.05, 0.1) is 5.41 Å². The summed E-state index contributed by atoms with van der Waals surface area (Å²) in [5.74, 6) is 0.163. The van der Waals surface area contributed by atoms with E-state index in [1.54, 1.807) is 0 Å². The van der Waals surface area contributed by atoms with Gasteiger partial charge < -0.3 is 10.6 Å². The standard InChI is InChI=1S/C17H21ClN2O2/c1-11-14(6-7-15(21)19-11)20-16(22)17(8-9-17)10-12-4-2-3-5-13(12)18/h2-5,11,14H,6-10H2,1H3,(H,19,21)(H,20,22). The van der Waals surface area contributed by atoms with E-state index >= 15 is 0 Å². The topological polar surface area (TPSA) is 58.2 Å². The third-order valence-corrected chi connectivity index (χ3v) is 5.18. The van der Waals surface area contributed by atoms with Gasteiger partial charge in [0, 0.05) is 23.5 Å². The van der Waals surface area contributed by atoms with Crippen LogP contribution in [0.3, 0.4) is 0 Å². The quantitative estimate of drug-likeness (QED) is 0.895. The normalized spacial score (nSPS) is 26.2. The zero-order chi connectivity index (χ0) is 15.7. The average molecular weight is 321 g/mol. The van der Waals surface area contributed by atoms with Gasteiger partial charge in [0.25, 0.3) is 0 Å². The molecule has 0 aromatic heterocycles. The van der Waals surface area contributed by atoms with Crippen LogP contribution in [0, 0.1) is 5.41 Å². The summed E-state index contributed by atoms with van der Waals surface area (Å²) in [7, 11) is 0. The highest BCUT2D eigenvalue weighted by Gasteiger charge is 2.50. The number of piperidine rings is 1. The van der Waals surface area contributed by atoms with E-state index in [1.165, 1.54) is 0 Å². The first-order valence-corrected chi connectivity index (χ1v) is 8.22. The van der Waals surface area contributed by atoms with Crippen LogP contribution in [0.2, 0.25) is 5.02 Å². The lowest BCUT2D eigenvalue weighted by atomic mass is 9.93. The lowest BCUT2D eigenvalue weighted by Gasteiger charge is -2.31. The number of carbonyl (C=O) groups is 2. The first-order chi connectivity index (χ1) is 10.5. The smallest absolute Gasteiger partial charge is 0.226 e. The highest BCUT2D eigenvalue weighted by molar-refractivity contribution is 6.31. The number of rotatable bonds is 4. The molecule has 1 aliphatic carbocycles. The molecule has 1 saturated heterocycles. The van der Waals surface area contributed by atoms with Gasteiger partial charge >= 0.3 is 0 Å². The van der Waals surface area contributed by atoms with Crippen LogP contribution in [0.25, 0.3) is 0 Å². The number of carbonyl (C=O) groups excluding carboxylic acids is 2. The Hall–Kier alpha value is -1.55. The lowest BCUT2D eigenvalue weighted by molar-refractivity contribution is -0.129. The van der Waals surface area contributed by atoms with Gasteiger partial charge in [0.2, 0.25) is 11.8 Å². The van der Waals surface area contributed by atoms with Crippen molar-refractivity contribution >= 4 is 23.4 Å².